The van der Waals surface area contributed by atoms with Crippen LogP contribution >= 0.6 is 23.2 Å². The number of nitrogens with one attached hydrogen (secondary N) is 1. The van der Waals surface area contributed by atoms with E-state index in [0.29, 0.717) is 10.0 Å². The number of imidazole rings is 1. The maximum absolute atomic E-state index is 6.16. The van der Waals surface area contributed by atoms with E-state index in [0.717, 1.165) is 18.7 Å². The van der Waals surface area contributed by atoms with Gasteiger partial charge in [-0.25, -0.2) is 4.98 Å². The van der Waals surface area contributed by atoms with Crippen molar-refractivity contribution in [3.8, 4) is 0 Å². The molecule has 0 bridgehead atoms. The van der Waals surface area contributed by atoms with Gasteiger partial charge in [0, 0.05) is 41.6 Å². The van der Waals surface area contributed by atoms with Crippen LogP contribution in [0, 0.1) is 0 Å². The van der Waals surface area contributed by atoms with Gasteiger partial charge < -0.3 is 9.88 Å². The summed E-state index contributed by atoms with van der Waals surface area (Å²) in [6.07, 6.45) is 5.53. The molecule has 1 aromatic carbocycles. The number of aromatic nitrogens is 2. The molecule has 3 nitrogen and oxygen atoms in total. The van der Waals surface area contributed by atoms with Gasteiger partial charge in [0.2, 0.25) is 0 Å². The minimum absolute atomic E-state index is 0.193. The number of hydrogen-bond acceptors (Lipinski definition) is 2. The SMILES string of the molecule is CC(NCCn1ccnc1)c1ccc(Cl)cc1Cl. The molecule has 1 N–H and O–H groups in total. The van der Waals surface area contributed by atoms with Crippen LogP contribution in [-0.2, 0) is 6.54 Å². The Kier molecular flexibility index (Phi) is 4.64. The Labute approximate surface area is 117 Å². The van der Waals surface area contributed by atoms with Gasteiger partial charge >= 0.3 is 0 Å². The van der Waals surface area contributed by atoms with Crippen molar-refractivity contribution in [2.75, 3.05) is 6.54 Å². The quantitative estimate of drug-likeness (QED) is 0.910. The third kappa shape index (κ3) is 3.48. The second kappa shape index (κ2) is 6.23. The molecule has 5 heteroatoms. The molecule has 0 spiro atoms. The molecule has 1 unspecified atom stereocenters. The molecule has 0 aliphatic carbocycles. The monoisotopic (exact) mass is 283 g/mol. The standard InChI is InChI=1S/C13H15Cl2N3/c1-10(12-3-2-11(14)8-13(12)15)17-5-7-18-6-4-16-9-18/h2-4,6,8-10,17H,5,7H2,1H3. The van der Waals surface area contributed by atoms with E-state index >= 15 is 0 Å². The minimum atomic E-state index is 0.193. The van der Waals surface area contributed by atoms with Crippen LogP contribution in [-0.4, -0.2) is 16.1 Å². The predicted molar refractivity (Wildman–Crippen MR) is 75.1 cm³/mol. The van der Waals surface area contributed by atoms with Gasteiger partial charge in [0.25, 0.3) is 0 Å². The van der Waals surface area contributed by atoms with Crippen LogP contribution in [0.25, 0.3) is 0 Å². The number of rotatable bonds is 5. The Balaban J connectivity index is 1.89. The molecule has 0 radical (unpaired) electrons. The van der Waals surface area contributed by atoms with Gasteiger partial charge in [-0.05, 0) is 24.6 Å². The molecule has 0 saturated heterocycles. The predicted octanol–water partition coefficient (Wildman–Crippen LogP) is 3.54. The zero-order chi connectivity index (χ0) is 13.0. The maximum Gasteiger partial charge on any atom is 0.0946 e. The molecule has 1 atom stereocenters. The first-order valence-corrected chi connectivity index (χ1v) is 6.56. The lowest BCUT2D eigenvalue weighted by Crippen LogP contribution is -2.23. The van der Waals surface area contributed by atoms with Gasteiger partial charge in [0.05, 0.1) is 6.33 Å². The van der Waals surface area contributed by atoms with E-state index in [4.69, 9.17) is 23.2 Å². The van der Waals surface area contributed by atoms with Crippen LogP contribution in [0.15, 0.2) is 36.9 Å². The van der Waals surface area contributed by atoms with Crippen molar-refractivity contribution in [1.29, 1.82) is 0 Å². The summed E-state index contributed by atoms with van der Waals surface area (Å²) in [5.41, 5.74) is 1.06. The summed E-state index contributed by atoms with van der Waals surface area (Å²) >= 11 is 12.0. The van der Waals surface area contributed by atoms with Crippen LogP contribution in [0.3, 0.4) is 0 Å². The number of benzene rings is 1. The molecule has 1 aromatic heterocycles. The molecular formula is C13H15Cl2N3. The second-order valence-corrected chi connectivity index (χ2v) is 4.99. The maximum atomic E-state index is 6.16. The largest absolute Gasteiger partial charge is 0.336 e. The second-order valence-electron chi connectivity index (χ2n) is 4.14. The minimum Gasteiger partial charge on any atom is -0.336 e. The van der Waals surface area contributed by atoms with Gasteiger partial charge in [-0.1, -0.05) is 29.3 Å². The van der Waals surface area contributed by atoms with Crippen molar-refractivity contribution in [3.05, 3.63) is 52.5 Å². The highest BCUT2D eigenvalue weighted by Gasteiger charge is 2.09. The first-order chi connectivity index (χ1) is 8.66. The average Bonchev–Trinajstić information content (AvgIpc) is 2.81. The topological polar surface area (TPSA) is 29.9 Å². The van der Waals surface area contributed by atoms with Gasteiger partial charge in [-0.3, -0.25) is 0 Å². The van der Waals surface area contributed by atoms with E-state index in [2.05, 4.69) is 17.2 Å². The van der Waals surface area contributed by atoms with E-state index < -0.39 is 0 Å². The lowest BCUT2D eigenvalue weighted by molar-refractivity contribution is 0.531. The Morgan fingerprint density at radius 2 is 2.22 bits per heavy atom. The van der Waals surface area contributed by atoms with Gasteiger partial charge in [-0.2, -0.15) is 0 Å². The summed E-state index contributed by atoms with van der Waals surface area (Å²) in [6, 6.07) is 5.78. The summed E-state index contributed by atoms with van der Waals surface area (Å²) in [6.45, 7) is 3.83. The van der Waals surface area contributed by atoms with Crippen LogP contribution < -0.4 is 5.32 Å². The number of nitrogens with zero attached hydrogens (tertiary/aromatic N) is 2. The van der Waals surface area contributed by atoms with Crippen molar-refractivity contribution < 1.29 is 0 Å². The number of halogens is 2. The summed E-state index contributed by atoms with van der Waals surface area (Å²) in [4.78, 5) is 4.00. The molecule has 2 aromatic rings. The third-order valence-corrected chi connectivity index (χ3v) is 3.37. The van der Waals surface area contributed by atoms with Crippen molar-refractivity contribution >= 4 is 23.2 Å². The molecule has 1 heterocycles. The average molecular weight is 284 g/mol. The van der Waals surface area contributed by atoms with E-state index in [1.807, 2.05) is 29.2 Å². The van der Waals surface area contributed by atoms with Gasteiger partial charge in [-0.15, -0.1) is 0 Å². The van der Waals surface area contributed by atoms with Crippen molar-refractivity contribution in [3.63, 3.8) is 0 Å². The zero-order valence-electron chi connectivity index (χ0n) is 10.1. The highest BCUT2D eigenvalue weighted by atomic mass is 35.5. The smallest absolute Gasteiger partial charge is 0.0946 e. The zero-order valence-corrected chi connectivity index (χ0v) is 11.6. The Morgan fingerprint density at radius 3 is 2.89 bits per heavy atom. The molecule has 0 aliphatic heterocycles. The fraction of sp³-hybridized carbons (Fsp3) is 0.308. The van der Waals surface area contributed by atoms with E-state index in [1.165, 1.54) is 0 Å². The van der Waals surface area contributed by atoms with Crippen LogP contribution in [0.2, 0.25) is 10.0 Å². The highest BCUT2D eigenvalue weighted by molar-refractivity contribution is 6.35. The van der Waals surface area contributed by atoms with Crippen LogP contribution in [0.5, 0.6) is 0 Å². The lowest BCUT2D eigenvalue weighted by atomic mass is 10.1. The molecule has 2 rings (SSSR count). The molecular weight excluding hydrogens is 269 g/mol. The van der Waals surface area contributed by atoms with Crippen molar-refractivity contribution in [2.24, 2.45) is 0 Å². The lowest BCUT2D eigenvalue weighted by Gasteiger charge is -2.16. The van der Waals surface area contributed by atoms with E-state index in [-0.39, 0.29) is 6.04 Å². The molecule has 0 amide bonds. The fourth-order valence-corrected chi connectivity index (χ4v) is 2.36. The first-order valence-electron chi connectivity index (χ1n) is 5.81. The summed E-state index contributed by atoms with van der Waals surface area (Å²) in [5, 5.41) is 4.78. The highest BCUT2D eigenvalue weighted by Crippen LogP contribution is 2.25. The molecule has 0 fully saturated rings. The normalized spacial score (nSPS) is 12.6. The third-order valence-electron chi connectivity index (χ3n) is 2.81. The fourth-order valence-electron chi connectivity index (χ4n) is 1.79. The molecule has 96 valence electrons. The Morgan fingerprint density at radius 1 is 1.39 bits per heavy atom. The Hall–Kier alpha value is -1.03. The van der Waals surface area contributed by atoms with E-state index in [9.17, 15) is 0 Å². The number of hydrogen-bond donors (Lipinski definition) is 1. The van der Waals surface area contributed by atoms with Crippen molar-refractivity contribution in [1.82, 2.24) is 14.9 Å². The Bertz CT molecular complexity index is 497. The van der Waals surface area contributed by atoms with Gasteiger partial charge in [0.15, 0.2) is 0 Å². The molecule has 18 heavy (non-hydrogen) atoms. The van der Waals surface area contributed by atoms with Crippen molar-refractivity contribution in [2.45, 2.75) is 19.5 Å². The van der Waals surface area contributed by atoms with E-state index in [1.54, 1.807) is 12.3 Å². The molecule has 0 aliphatic rings. The first kappa shape index (κ1) is 13.4. The summed E-state index contributed by atoms with van der Waals surface area (Å²) in [7, 11) is 0. The summed E-state index contributed by atoms with van der Waals surface area (Å²) < 4.78 is 2.03. The van der Waals surface area contributed by atoms with Crippen LogP contribution in [0.4, 0.5) is 0 Å². The summed E-state index contributed by atoms with van der Waals surface area (Å²) in [5.74, 6) is 0. The van der Waals surface area contributed by atoms with Crippen LogP contribution in [0.1, 0.15) is 18.5 Å². The molecule has 0 saturated carbocycles. The van der Waals surface area contributed by atoms with Gasteiger partial charge in [0.1, 0.15) is 0 Å².